The maximum absolute atomic E-state index is 14.5. The summed E-state index contributed by atoms with van der Waals surface area (Å²) in [5.74, 6) is -14.7. The van der Waals surface area contributed by atoms with Crippen LogP contribution in [0.3, 0.4) is 0 Å². The summed E-state index contributed by atoms with van der Waals surface area (Å²) in [6.07, 6.45) is -1.96. The molecule has 0 unspecified atom stereocenters. The van der Waals surface area contributed by atoms with Crippen LogP contribution in [0.5, 0.6) is 11.5 Å². The van der Waals surface area contributed by atoms with Gasteiger partial charge < -0.3 is 135 Å². The van der Waals surface area contributed by atoms with Crippen LogP contribution in [0.2, 0.25) is 0 Å². The molecule has 2 rings (SSSR count). The number of rotatable bonds is 54. The SMILES string of the molecule is C[C@@H](O)[C@H](NC(=O)[C@H](CCCCN)NC(=O)[C@H](CCCNC(=N)N)NC(=O)[C@H](CC(N)=O)NC(=O)[C@@H](NC(=O)[C@@H](N)Cc1ccc(O)cc1)C(C)(C)S)C(=O)N[C@H](CCN)C(=O)N[C@@H](CCCCN)C(=O)N[C@@H](CS)C(=O)N[C@@H](CCCCN)C(=O)N[C@@H](CCCNC(=N)N)C(=O)N[C@@H](Cc1ccc(O)cc1)C(=O)O. The largest absolute Gasteiger partial charge is 0.508 e. The van der Waals surface area contributed by atoms with Crippen LogP contribution in [0.4, 0.5) is 0 Å². The molecule has 0 fully saturated rings. The van der Waals surface area contributed by atoms with Gasteiger partial charge in [0.2, 0.25) is 70.9 Å². The van der Waals surface area contributed by atoms with E-state index in [4.69, 9.17) is 56.7 Å². The number of thiol groups is 2. The van der Waals surface area contributed by atoms with Gasteiger partial charge in [-0.25, -0.2) is 4.79 Å². The summed E-state index contributed by atoms with van der Waals surface area (Å²) in [6, 6.07) is -7.02. The Labute approximate surface area is 649 Å². The van der Waals surface area contributed by atoms with Crippen molar-refractivity contribution < 1.29 is 82.8 Å². The van der Waals surface area contributed by atoms with Crippen LogP contribution in [0, 0.1) is 10.8 Å². The average molecular weight is 1590 g/mol. The summed E-state index contributed by atoms with van der Waals surface area (Å²) in [7, 11) is 0. The number of phenolic OH excluding ortho intramolecular Hbond substituents is 2. The predicted octanol–water partition coefficient (Wildman–Crippen LogP) is -7.22. The summed E-state index contributed by atoms with van der Waals surface area (Å²) in [4.78, 5) is 181. The van der Waals surface area contributed by atoms with E-state index in [2.05, 4.69) is 94.4 Å². The van der Waals surface area contributed by atoms with Gasteiger partial charge in [-0.1, -0.05) is 24.3 Å². The van der Waals surface area contributed by atoms with Crippen LogP contribution in [0.1, 0.15) is 128 Å². The molecule has 110 heavy (non-hydrogen) atoms. The molecule has 0 radical (unpaired) electrons. The summed E-state index contributed by atoms with van der Waals surface area (Å²) >= 11 is 8.81. The van der Waals surface area contributed by atoms with Crippen LogP contribution in [0.15, 0.2) is 48.5 Å². The number of nitrogens with one attached hydrogen (secondary N) is 15. The Balaban J connectivity index is 2.46. The fourth-order valence-corrected chi connectivity index (χ4v) is 11.3. The fourth-order valence-electron chi connectivity index (χ4n) is 10.9. The number of hydrogen-bond acceptors (Lipinski definition) is 25. The van der Waals surface area contributed by atoms with Gasteiger partial charge in [-0.15, -0.1) is 0 Å². The van der Waals surface area contributed by atoms with Crippen LogP contribution in [0.25, 0.3) is 0 Å². The molecule has 40 nitrogen and oxygen atoms in total. The smallest absolute Gasteiger partial charge is 0.326 e. The summed E-state index contributed by atoms with van der Waals surface area (Å²) in [5, 5.41) is 88.4. The molecule has 0 bridgehead atoms. The van der Waals surface area contributed by atoms with Crippen LogP contribution in [-0.4, -0.2) is 238 Å². The van der Waals surface area contributed by atoms with Gasteiger partial charge in [-0.05, 0) is 179 Å². The van der Waals surface area contributed by atoms with Gasteiger partial charge in [-0.3, -0.25) is 68.4 Å². The number of hydrogen-bond donors (Lipinski definition) is 29. The third-order valence-electron chi connectivity index (χ3n) is 17.0. The number of benzene rings is 2. The molecule has 12 amide bonds. The zero-order valence-electron chi connectivity index (χ0n) is 62.2. The highest BCUT2D eigenvalue weighted by atomic mass is 32.1. The molecule has 35 N–H and O–H groups in total. The number of primary amides is 1. The number of phenols is 2. The highest BCUT2D eigenvalue weighted by Gasteiger charge is 2.40. The molecule has 0 spiro atoms. The van der Waals surface area contributed by atoms with E-state index in [0.29, 0.717) is 30.4 Å². The van der Waals surface area contributed by atoms with Crippen molar-refractivity contribution in [2.45, 2.75) is 213 Å². The standard InChI is InChI=1S/C68H115N23O17S2/c1-36(92)52(90-60(102)44(14-6-9-28-71)82-56(98)45(15-10-30-79-66(75)76)84-61(103)48(34-51(74)95)87-64(106)53(68(2,3)110)91-54(96)41(73)32-37-17-21-39(93)22-18-37)63(105)86-47(25-29-72)59(101)81-43(13-5-8-27-70)58(100)89-50(35-109)62(104)85-42(12-4-7-26-69)55(97)83-46(16-11-31-80-67(77)78)57(99)88-49(65(107)108)33-38-19-23-40(94)24-20-38/h17-24,36,41-50,52-53,92-94,109-110H,4-16,25-35,69-73H2,1-3H3,(H2,74,95)(H,81,101)(H,82,98)(H,83,97)(H,84,103)(H,85,104)(H,86,105)(H,87,106)(H,88,99)(H,89,100)(H,90,102)(H,91,96)(H,107,108)(H4,75,76,79)(H4,77,78,80)/t36-,41+,42+,43+,44+,45+,46+,47-,48+,49+,50+,52+,53-/m1/s1. The Morgan fingerprint density at radius 2 is 0.755 bits per heavy atom. The first-order valence-electron chi connectivity index (χ1n) is 36.0. The van der Waals surface area contributed by atoms with E-state index >= 15 is 0 Å². The number of unbranched alkanes of at least 4 members (excludes halogenated alkanes) is 3. The van der Waals surface area contributed by atoms with Crippen LogP contribution in [-0.2, 0) is 75.2 Å². The number of aliphatic hydroxyl groups is 1. The molecule has 616 valence electrons. The van der Waals surface area contributed by atoms with Crippen molar-refractivity contribution in [1.82, 2.24) is 69.1 Å². The molecule has 2 aromatic carbocycles. The highest BCUT2D eigenvalue weighted by Crippen LogP contribution is 2.20. The van der Waals surface area contributed by atoms with E-state index in [9.17, 15) is 82.8 Å². The normalized spacial score (nSPS) is 14.8. The number of carbonyl (C=O) groups excluding carboxylic acids is 12. The number of amides is 12. The molecule has 0 saturated heterocycles. The van der Waals surface area contributed by atoms with Gasteiger partial charge in [-0.2, -0.15) is 25.3 Å². The first-order chi connectivity index (χ1) is 51.9. The van der Waals surface area contributed by atoms with Crippen LogP contribution < -0.4 is 115 Å². The molecule has 0 saturated carbocycles. The van der Waals surface area contributed by atoms with Gasteiger partial charge in [0.25, 0.3) is 0 Å². The van der Waals surface area contributed by atoms with E-state index in [1.165, 1.54) is 50.2 Å². The van der Waals surface area contributed by atoms with E-state index in [-0.39, 0.29) is 146 Å². The van der Waals surface area contributed by atoms with Crippen molar-refractivity contribution >= 4 is 114 Å². The van der Waals surface area contributed by atoms with Gasteiger partial charge in [0, 0.05) is 30.0 Å². The molecule has 13 atom stereocenters. The first-order valence-corrected chi connectivity index (χ1v) is 37.1. The maximum atomic E-state index is 14.5. The van der Waals surface area contributed by atoms with E-state index < -0.39 is 173 Å². The van der Waals surface area contributed by atoms with Crippen molar-refractivity contribution in [3.63, 3.8) is 0 Å². The Morgan fingerprint density at radius 3 is 1.10 bits per heavy atom. The molecule has 0 heterocycles. The Kier molecular flexibility index (Phi) is 44.4. The van der Waals surface area contributed by atoms with Gasteiger partial charge in [0.05, 0.1) is 18.6 Å². The lowest BCUT2D eigenvalue weighted by molar-refractivity contribution is -0.142. The number of aromatic hydroxyl groups is 2. The monoisotopic (exact) mass is 1590 g/mol. The lowest BCUT2D eigenvalue weighted by atomic mass is 9.99. The fraction of sp³-hybridized carbons (Fsp3) is 0.603. The number of aliphatic hydroxyl groups excluding tert-OH is 1. The Bertz CT molecular complexity index is 3360. The Morgan fingerprint density at radius 1 is 0.427 bits per heavy atom. The number of aliphatic carboxylic acids is 1. The lowest BCUT2D eigenvalue weighted by Gasteiger charge is -2.32. The first kappa shape index (κ1) is 96.2. The zero-order chi connectivity index (χ0) is 82.8. The number of guanidine groups is 2. The molecule has 0 aliphatic heterocycles. The molecule has 0 aliphatic rings. The molecule has 42 heteroatoms. The molecule has 0 aromatic heterocycles. The minimum atomic E-state index is -1.88. The Hall–Kier alpha value is -9.85. The van der Waals surface area contributed by atoms with Crippen molar-refractivity contribution in [1.29, 1.82) is 10.8 Å². The third-order valence-corrected chi connectivity index (χ3v) is 17.6. The maximum Gasteiger partial charge on any atom is 0.326 e. The average Bonchev–Trinajstić information content (AvgIpc) is 0.831. The van der Waals surface area contributed by atoms with E-state index in [1.54, 1.807) is 12.1 Å². The van der Waals surface area contributed by atoms with Gasteiger partial charge in [0.1, 0.15) is 78.0 Å². The predicted molar refractivity (Wildman–Crippen MR) is 414 cm³/mol. The quantitative estimate of drug-likeness (QED) is 0.0127. The number of carboxylic acids is 1. The molecular weight excluding hydrogens is 1480 g/mol. The highest BCUT2D eigenvalue weighted by molar-refractivity contribution is 7.81. The molecule has 0 aliphatic carbocycles. The summed E-state index contributed by atoms with van der Waals surface area (Å²) in [5.41, 5.74) is 47.0. The second kappa shape index (κ2) is 50.8. The van der Waals surface area contributed by atoms with Crippen molar-refractivity contribution in [3.05, 3.63) is 59.7 Å². The van der Waals surface area contributed by atoms with Crippen molar-refractivity contribution in [2.75, 3.05) is 45.0 Å². The number of carboxylic acid groups (broad SMARTS) is 1. The van der Waals surface area contributed by atoms with Gasteiger partial charge >= 0.3 is 5.97 Å². The molecule has 2 aromatic rings. The molecular formula is C68H115N23O17S2. The third kappa shape index (κ3) is 37.0. The minimum absolute atomic E-state index is 0.0127. The van der Waals surface area contributed by atoms with Gasteiger partial charge in [0.15, 0.2) is 11.9 Å². The summed E-state index contributed by atoms with van der Waals surface area (Å²) < 4.78 is -1.36. The second-order valence-corrected chi connectivity index (χ2v) is 28.3. The van der Waals surface area contributed by atoms with E-state index in [0.717, 1.165) is 6.92 Å². The zero-order valence-corrected chi connectivity index (χ0v) is 64.0. The van der Waals surface area contributed by atoms with Crippen LogP contribution >= 0.6 is 25.3 Å². The topological polar surface area (TPSA) is 715 Å². The number of carbonyl (C=O) groups is 13. The lowest BCUT2D eigenvalue weighted by Crippen LogP contribution is -2.63. The van der Waals surface area contributed by atoms with E-state index in [1.807, 2.05) is 0 Å². The number of nitrogens with two attached hydrogens (primary N) is 8. The van der Waals surface area contributed by atoms with Crippen molar-refractivity contribution in [2.24, 2.45) is 45.9 Å². The van der Waals surface area contributed by atoms with Crippen molar-refractivity contribution in [3.8, 4) is 11.5 Å². The second-order valence-electron chi connectivity index (χ2n) is 26.8. The summed E-state index contributed by atoms with van der Waals surface area (Å²) in [6.45, 7) is 4.32. The minimum Gasteiger partial charge on any atom is -0.508 e.